The lowest BCUT2D eigenvalue weighted by Crippen LogP contribution is -2.38. The zero-order chi connectivity index (χ0) is 15.0. The molecular formula is C11H18N4O4S. The van der Waals surface area contributed by atoms with Crippen LogP contribution in [0.15, 0.2) is 23.2 Å². The van der Waals surface area contributed by atoms with Crippen LogP contribution in [-0.2, 0) is 19.6 Å². The summed E-state index contributed by atoms with van der Waals surface area (Å²) in [7, 11) is -0.553. The SMILES string of the molecule is CNc1ccc(S(=O)(=O)NCC(=O)NCCOC)cn1. The first kappa shape index (κ1) is 16.3. The normalized spacial score (nSPS) is 11.1. The lowest BCUT2D eigenvalue weighted by atomic mass is 10.5. The molecular weight excluding hydrogens is 284 g/mol. The van der Waals surface area contributed by atoms with Crippen molar-refractivity contribution in [1.29, 1.82) is 0 Å². The summed E-state index contributed by atoms with van der Waals surface area (Å²) in [6.45, 7) is 0.364. The molecule has 0 saturated heterocycles. The van der Waals surface area contributed by atoms with Gasteiger partial charge in [0.1, 0.15) is 10.7 Å². The van der Waals surface area contributed by atoms with Crippen molar-refractivity contribution in [2.45, 2.75) is 4.90 Å². The van der Waals surface area contributed by atoms with Gasteiger partial charge >= 0.3 is 0 Å². The van der Waals surface area contributed by atoms with Crippen LogP contribution in [0.25, 0.3) is 0 Å². The Morgan fingerprint density at radius 1 is 1.40 bits per heavy atom. The molecule has 0 radical (unpaired) electrons. The number of hydrogen-bond acceptors (Lipinski definition) is 6. The Kier molecular flexibility index (Phi) is 6.36. The lowest BCUT2D eigenvalue weighted by molar-refractivity contribution is -0.120. The molecule has 20 heavy (non-hydrogen) atoms. The van der Waals surface area contributed by atoms with Gasteiger partial charge in [-0.2, -0.15) is 0 Å². The number of amides is 1. The minimum Gasteiger partial charge on any atom is -0.383 e. The molecule has 0 unspecified atom stereocenters. The largest absolute Gasteiger partial charge is 0.383 e. The highest BCUT2D eigenvalue weighted by Gasteiger charge is 2.15. The number of rotatable bonds is 8. The Bertz CT molecular complexity index is 530. The summed E-state index contributed by atoms with van der Waals surface area (Å²) < 4.78 is 30.7. The zero-order valence-corrected chi connectivity index (χ0v) is 12.2. The number of sulfonamides is 1. The van der Waals surface area contributed by atoms with E-state index in [1.54, 1.807) is 7.05 Å². The number of aromatic nitrogens is 1. The molecule has 0 aromatic carbocycles. The number of hydrogen-bond donors (Lipinski definition) is 3. The van der Waals surface area contributed by atoms with Crippen molar-refractivity contribution >= 4 is 21.7 Å². The van der Waals surface area contributed by atoms with E-state index in [1.807, 2.05) is 0 Å². The molecule has 1 aromatic rings. The summed E-state index contributed by atoms with van der Waals surface area (Å²) in [5, 5.41) is 5.29. The Morgan fingerprint density at radius 2 is 2.15 bits per heavy atom. The van der Waals surface area contributed by atoms with Gasteiger partial charge in [-0.1, -0.05) is 0 Å². The topological polar surface area (TPSA) is 109 Å². The fraction of sp³-hybridized carbons (Fsp3) is 0.455. The molecule has 0 spiro atoms. The molecule has 0 bridgehead atoms. The molecule has 0 aliphatic heterocycles. The van der Waals surface area contributed by atoms with E-state index in [2.05, 4.69) is 20.3 Å². The Labute approximate surface area is 118 Å². The van der Waals surface area contributed by atoms with E-state index in [-0.39, 0.29) is 11.4 Å². The van der Waals surface area contributed by atoms with Gasteiger partial charge in [0.2, 0.25) is 15.9 Å². The molecule has 1 amide bonds. The number of carbonyl (C=O) groups is 1. The molecule has 1 aromatic heterocycles. The van der Waals surface area contributed by atoms with Crippen molar-refractivity contribution in [3.63, 3.8) is 0 Å². The van der Waals surface area contributed by atoms with E-state index in [1.165, 1.54) is 25.4 Å². The van der Waals surface area contributed by atoms with Crippen LogP contribution in [0.3, 0.4) is 0 Å². The average molecular weight is 302 g/mol. The lowest BCUT2D eigenvalue weighted by Gasteiger charge is -2.08. The van der Waals surface area contributed by atoms with Crippen molar-refractivity contribution in [3.8, 4) is 0 Å². The van der Waals surface area contributed by atoms with Gasteiger partial charge in [-0.25, -0.2) is 18.1 Å². The van der Waals surface area contributed by atoms with Gasteiger partial charge < -0.3 is 15.4 Å². The quantitative estimate of drug-likeness (QED) is 0.540. The van der Waals surface area contributed by atoms with Crippen molar-refractivity contribution in [2.75, 3.05) is 39.2 Å². The second kappa shape index (κ2) is 7.78. The maximum atomic E-state index is 11.9. The molecule has 0 fully saturated rings. The standard InChI is InChI=1S/C11H18N4O4S/c1-12-10-4-3-9(7-14-10)20(17,18)15-8-11(16)13-5-6-19-2/h3-4,7,15H,5-6,8H2,1-2H3,(H,12,14)(H,13,16). The van der Waals surface area contributed by atoms with Gasteiger partial charge in [0.05, 0.1) is 13.2 Å². The summed E-state index contributed by atoms with van der Waals surface area (Å²) in [6, 6.07) is 2.94. The fourth-order valence-electron chi connectivity index (χ4n) is 1.29. The van der Waals surface area contributed by atoms with Gasteiger partial charge in [0.25, 0.3) is 0 Å². The van der Waals surface area contributed by atoms with Crippen molar-refractivity contribution in [1.82, 2.24) is 15.0 Å². The van der Waals surface area contributed by atoms with E-state index in [0.717, 1.165) is 0 Å². The smallest absolute Gasteiger partial charge is 0.242 e. The van der Waals surface area contributed by atoms with Crippen molar-refractivity contribution in [3.05, 3.63) is 18.3 Å². The minimum atomic E-state index is -3.74. The molecule has 0 aliphatic rings. The Balaban J connectivity index is 2.54. The highest BCUT2D eigenvalue weighted by Crippen LogP contribution is 2.09. The maximum absolute atomic E-state index is 11.9. The molecule has 0 saturated carbocycles. The predicted octanol–water partition coefficient (Wildman–Crippen LogP) is -0.836. The van der Waals surface area contributed by atoms with E-state index in [4.69, 9.17) is 4.74 Å². The second-order valence-corrected chi connectivity index (χ2v) is 5.56. The van der Waals surface area contributed by atoms with Gasteiger partial charge in [0.15, 0.2) is 0 Å². The van der Waals surface area contributed by atoms with Crippen LogP contribution < -0.4 is 15.4 Å². The zero-order valence-electron chi connectivity index (χ0n) is 11.3. The van der Waals surface area contributed by atoms with E-state index in [9.17, 15) is 13.2 Å². The highest BCUT2D eigenvalue weighted by molar-refractivity contribution is 7.89. The summed E-state index contributed by atoms with van der Waals surface area (Å²) in [4.78, 5) is 15.3. The Morgan fingerprint density at radius 3 is 2.70 bits per heavy atom. The van der Waals surface area contributed by atoms with Gasteiger partial charge in [-0.15, -0.1) is 0 Å². The second-order valence-electron chi connectivity index (χ2n) is 3.80. The molecule has 3 N–H and O–H groups in total. The third-order valence-corrected chi connectivity index (χ3v) is 3.74. The predicted molar refractivity (Wildman–Crippen MR) is 73.9 cm³/mol. The van der Waals surface area contributed by atoms with Crippen LogP contribution in [-0.4, -0.2) is 53.2 Å². The first-order valence-electron chi connectivity index (χ1n) is 5.88. The molecule has 112 valence electrons. The van der Waals surface area contributed by atoms with Crippen LogP contribution >= 0.6 is 0 Å². The van der Waals surface area contributed by atoms with Gasteiger partial charge in [-0.05, 0) is 12.1 Å². The van der Waals surface area contributed by atoms with Crippen LogP contribution in [0.4, 0.5) is 5.82 Å². The van der Waals surface area contributed by atoms with Crippen molar-refractivity contribution < 1.29 is 17.9 Å². The summed E-state index contributed by atoms with van der Waals surface area (Å²) >= 11 is 0. The summed E-state index contributed by atoms with van der Waals surface area (Å²) in [6.07, 6.45) is 1.22. The molecule has 1 heterocycles. The van der Waals surface area contributed by atoms with Crippen LogP contribution in [0.5, 0.6) is 0 Å². The molecule has 0 aliphatic carbocycles. The third-order valence-electron chi connectivity index (χ3n) is 2.35. The van der Waals surface area contributed by atoms with E-state index < -0.39 is 15.9 Å². The number of anilines is 1. The first-order chi connectivity index (χ1) is 9.49. The maximum Gasteiger partial charge on any atom is 0.242 e. The minimum absolute atomic E-state index is 0.00110. The molecule has 9 heteroatoms. The highest BCUT2D eigenvalue weighted by atomic mass is 32.2. The van der Waals surface area contributed by atoms with Gasteiger partial charge in [0, 0.05) is 26.9 Å². The number of carbonyl (C=O) groups excluding carboxylic acids is 1. The van der Waals surface area contributed by atoms with E-state index >= 15 is 0 Å². The summed E-state index contributed by atoms with van der Waals surface area (Å²) in [5.74, 6) is 0.131. The third kappa shape index (κ3) is 5.11. The Hall–Kier alpha value is -1.71. The summed E-state index contributed by atoms with van der Waals surface area (Å²) in [5.41, 5.74) is 0. The number of ether oxygens (including phenoxy) is 1. The van der Waals surface area contributed by atoms with Crippen LogP contribution in [0, 0.1) is 0 Å². The fourth-order valence-corrected chi connectivity index (χ4v) is 2.21. The molecule has 8 nitrogen and oxygen atoms in total. The number of pyridine rings is 1. The first-order valence-corrected chi connectivity index (χ1v) is 7.37. The molecule has 1 rings (SSSR count). The van der Waals surface area contributed by atoms with E-state index in [0.29, 0.717) is 19.0 Å². The van der Waals surface area contributed by atoms with Crippen molar-refractivity contribution in [2.24, 2.45) is 0 Å². The average Bonchev–Trinajstić information content (AvgIpc) is 2.45. The van der Waals surface area contributed by atoms with Crippen LogP contribution in [0.2, 0.25) is 0 Å². The van der Waals surface area contributed by atoms with Gasteiger partial charge in [-0.3, -0.25) is 4.79 Å². The number of nitrogens with zero attached hydrogens (tertiary/aromatic N) is 1. The monoisotopic (exact) mass is 302 g/mol. The number of nitrogens with one attached hydrogen (secondary N) is 3. The van der Waals surface area contributed by atoms with Crippen LogP contribution in [0.1, 0.15) is 0 Å². The molecule has 0 atom stereocenters. The number of methoxy groups -OCH3 is 1.